The van der Waals surface area contributed by atoms with E-state index in [1.807, 2.05) is 19.1 Å². The van der Waals surface area contributed by atoms with Crippen LogP contribution in [0.3, 0.4) is 0 Å². The Balaban J connectivity index is 1.71. The SMILES string of the molecule is COc1ccccc1NC(=O)CN(Cc1ccco1)C(=O)/C=C/c1ccc(C)o1. The normalized spacial score (nSPS) is 10.8. The van der Waals surface area contributed by atoms with Crippen molar-refractivity contribution in [2.24, 2.45) is 0 Å². The van der Waals surface area contributed by atoms with E-state index in [9.17, 15) is 9.59 Å². The molecule has 0 saturated heterocycles. The molecule has 7 nitrogen and oxygen atoms in total. The highest BCUT2D eigenvalue weighted by Crippen LogP contribution is 2.23. The monoisotopic (exact) mass is 394 g/mol. The van der Waals surface area contributed by atoms with E-state index in [1.165, 1.54) is 24.3 Å². The number of nitrogens with zero attached hydrogens (tertiary/aromatic N) is 1. The standard InChI is InChI=1S/C22H22N2O5/c1-16-9-10-17(29-16)11-12-22(26)24(14-18-6-5-13-28-18)15-21(25)23-19-7-3-4-8-20(19)27-2/h3-13H,14-15H2,1-2H3,(H,23,25)/b12-11+. The lowest BCUT2D eigenvalue weighted by Gasteiger charge is -2.20. The molecule has 2 heterocycles. The number of carbonyl (C=O) groups is 2. The van der Waals surface area contributed by atoms with Crippen molar-refractivity contribution in [3.8, 4) is 5.75 Å². The van der Waals surface area contributed by atoms with Gasteiger partial charge in [0.25, 0.3) is 0 Å². The summed E-state index contributed by atoms with van der Waals surface area (Å²) in [5.74, 6) is 1.74. The van der Waals surface area contributed by atoms with Crippen molar-refractivity contribution in [1.29, 1.82) is 0 Å². The number of anilines is 1. The highest BCUT2D eigenvalue weighted by molar-refractivity contribution is 5.98. The molecule has 0 aliphatic carbocycles. The summed E-state index contributed by atoms with van der Waals surface area (Å²) in [6.45, 7) is 1.83. The Bertz CT molecular complexity index is 988. The average molecular weight is 394 g/mol. The predicted molar refractivity (Wildman–Crippen MR) is 108 cm³/mol. The summed E-state index contributed by atoms with van der Waals surface area (Å²) in [5, 5.41) is 2.77. The Morgan fingerprint density at radius 2 is 1.97 bits per heavy atom. The van der Waals surface area contributed by atoms with Crippen molar-refractivity contribution in [2.45, 2.75) is 13.5 Å². The summed E-state index contributed by atoms with van der Waals surface area (Å²) >= 11 is 0. The summed E-state index contributed by atoms with van der Waals surface area (Å²) in [6.07, 6.45) is 4.47. The lowest BCUT2D eigenvalue weighted by Crippen LogP contribution is -2.36. The summed E-state index contributed by atoms with van der Waals surface area (Å²) in [6, 6.07) is 14.1. The van der Waals surface area contributed by atoms with Crippen LogP contribution in [-0.2, 0) is 16.1 Å². The van der Waals surface area contributed by atoms with Gasteiger partial charge in [-0.15, -0.1) is 0 Å². The maximum atomic E-state index is 12.7. The first-order chi connectivity index (χ1) is 14.0. The van der Waals surface area contributed by atoms with E-state index >= 15 is 0 Å². The van der Waals surface area contributed by atoms with E-state index in [0.29, 0.717) is 23.0 Å². The maximum Gasteiger partial charge on any atom is 0.247 e. The van der Waals surface area contributed by atoms with E-state index in [1.54, 1.807) is 42.5 Å². The molecule has 0 spiro atoms. The lowest BCUT2D eigenvalue weighted by molar-refractivity contribution is -0.131. The first-order valence-corrected chi connectivity index (χ1v) is 9.04. The number of carbonyl (C=O) groups excluding carboxylic acids is 2. The van der Waals surface area contributed by atoms with E-state index < -0.39 is 0 Å². The van der Waals surface area contributed by atoms with Gasteiger partial charge in [0, 0.05) is 6.08 Å². The zero-order valence-corrected chi connectivity index (χ0v) is 16.3. The van der Waals surface area contributed by atoms with Gasteiger partial charge in [-0.3, -0.25) is 9.59 Å². The van der Waals surface area contributed by atoms with Crippen LogP contribution in [0.15, 0.2) is 69.7 Å². The van der Waals surface area contributed by atoms with Crippen molar-refractivity contribution in [2.75, 3.05) is 19.0 Å². The van der Waals surface area contributed by atoms with Crippen LogP contribution in [0.25, 0.3) is 6.08 Å². The first kappa shape index (κ1) is 20.0. The van der Waals surface area contributed by atoms with Gasteiger partial charge in [-0.2, -0.15) is 0 Å². The Morgan fingerprint density at radius 1 is 1.14 bits per heavy atom. The van der Waals surface area contributed by atoms with Gasteiger partial charge in [-0.25, -0.2) is 0 Å². The van der Waals surface area contributed by atoms with Crippen molar-refractivity contribution < 1.29 is 23.2 Å². The fourth-order valence-electron chi connectivity index (χ4n) is 2.72. The van der Waals surface area contributed by atoms with Crippen molar-refractivity contribution in [3.63, 3.8) is 0 Å². The largest absolute Gasteiger partial charge is 0.495 e. The number of hydrogen-bond acceptors (Lipinski definition) is 5. The molecule has 1 N–H and O–H groups in total. The molecule has 150 valence electrons. The zero-order chi connectivity index (χ0) is 20.6. The number of aryl methyl sites for hydroxylation is 1. The van der Waals surface area contributed by atoms with Crippen LogP contribution < -0.4 is 10.1 Å². The smallest absolute Gasteiger partial charge is 0.247 e. The number of furan rings is 2. The lowest BCUT2D eigenvalue weighted by atomic mass is 10.3. The quantitative estimate of drug-likeness (QED) is 0.586. The Morgan fingerprint density at radius 3 is 2.66 bits per heavy atom. The number of hydrogen-bond donors (Lipinski definition) is 1. The first-order valence-electron chi connectivity index (χ1n) is 9.04. The Labute approximate surface area is 168 Å². The molecule has 2 aromatic heterocycles. The minimum Gasteiger partial charge on any atom is -0.495 e. The van der Waals surface area contributed by atoms with Gasteiger partial charge >= 0.3 is 0 Å². The molecular weight excluding hydrogens is 372 g/mol. The Kier molecular flexibility index (Phi) is 6.52. The second-order valence-corrected chi connectivity index (χ2v) is 6.30. The Hall–Kier alpha value is -3.74. The summed E-state index contributed by atoms with van der Waals surface area (Å²) < 4.78 is 16.0. The molecule has 7 heteroatoms. The van der Waals surface area contributed by atoms with Gasteiger partial charge in [0.2, 0.25) is 11.8 Å². The molecule has 0 bridgehead atoms. The number of benzene rings is 1. The minimum atomic E-state index is -0.350. The van der Waals surface area contributed by atoms with Gasteiger partial charge in [0.15, 0.2) is 0 Å². The third kappa shape index (κ3) is 5.62. The van der Waals surface area contributed by atoms with Gasteiger partial charge in [0.05, 0.1) is 25.6 Å². The van der Waals surface area contributed by atoms with Gasteiger partial charge < -0.3 is 23.8 Å². The van der Waals surface area contributed by atoms with Crippen molar-refractivity contribution in [1.82, 2.24) is 4.90 Å². The van der Waals surface area contributed by atoms with Crippen LogP contribution >= 0.6 is 0 Å². The van der Waals surface area contributed by atoms with Crippen LogP contribution in [0.1, 0.15) is 17.3 Å². The fourth-order valence-corrected chi connectivity index (χ4v) is 2.72. The third-order valence-corrected chi connectivity index (χ3v) is 4.11. The molecule has 3 aromatic rings. The van der Waals surface area contributed by atoms with Crippen LogP contribution in [0.4, 0.5) is 5.69 Å². The maximum absolute atomic E-state index is 12.7. The highest BCUT2D eigenvalue weighted by atomic mass is 16.5. The summed E-state index contributed by atoms with van der Waals surface area (Å²) in [7, 11) is 1.53. The molecule has 0 atom stereocenters. The van der Waals surface area contributed by atoms with Crippen LogP contribution in [0, 0.1) is 6.92 Å². The summed E-state index contributed by atoms with van der Waals surface area (Å²) in [5.41, 5.74) is 0.534. The van der Waals surface area contributed by atoms with Crippen molar-refractivity contribution in [3.05, 3.63) is 78.2 Å². The van der Waals surface area contributed by atoms with Gasteiger partial charge in [-0.05, 0) is 49.4 Å². The van der Waals surface area contributed by atoms with Crippen LogP contribution in [0.5, 0.6) is 5.75 Å². The van der Waals surface area contributed by atoms with E-state index in [0.717, 1.165) is 5.76 Å². The predicted octanol–water partition coefficient (Wildman–Crippen LogP) is 3.87. The second-order valence-electron chi connectivity index (χ2n) is 6.30. The van der Waals surface area contributed by atoms with Crippen LogP contribution in [0.2, 0.25) is 0 Å². The number of ether oxygens (including phenoxy) is 1. The number of methoxy groups -OCH3 is 1. The fraction of sp³-hybridized carbons (Fsp3) is 0.182. The molecule has 0 aliphatic heterocycles. The number of amides is 2. The van der Waals surface area contributed by atoms with E-state index in [4.69, 9.17) is 13.6 Å². The molecule has 0 unspecified atom stereocenters. The number of nitrogens with one attached hydrogen (secondary N) is 1. The van der Waals surface area contributed by atoms with Gasteiger partial charge in [-0.1, -0.05) is 12.1 Å². The number of rotatable bonds is 8. The zero-order valence-electron chi connectivity index (χ0n) is 16.3. The van der Waals surface area contributed by atoms with Crippen molar-refractivity contribution >= 4 is 23.6 Å². The molecule has 2 amide bonds. The minimum absolute atomic E-state index is 0.154. The number of para-hydroxylation sites is 2. The molecule has 1 aromatic carbocycles. The summed E-state index contributed by atoms with van der Waals surface area (Å²) in [4.78, 5) is 26.7. The molecule has 0 saturated carbocycles. The molecule has 3 rings (SSSR count). The molecule has 0 aliphatic rings. The second kappa shape index (κ2) is 9.45. The molecular formula is C22H22N2O5. The molecule has 29 heavy (non-hydrogen) atoms. The van der Waals surface area contributed by atoms with E-state index in [2.05, 4.69) is 5.32 Å². The molecule has 0 radical (unpaired) electrons. The highest BCUT2D eigenvalue weighted by Gasteiger charge is 2.18. The van der Waals surface area contributed by atoms with Gasteiger partial charge in [0.1, 0.15) is 29.6 Å². The average Bonchev–Trinajstić information content (AvgIpc) is 3.37. The topological polar surface area (TPSA) is 84.9 Å². The van der Waals surface area contributed by atoms with E-state index in [-0.39, 0.29) is 24.9 Å². The third-order valence-electron chi connectivity index (χ3n) is 4.11. The van der Waals surface area contributed by atoms with Crippen LogP contribution in [-0.4, -0.2) is 30.4 Å². The molecule has 0 fully saturated rings.